The minimum atomic E-state index is 0.491. The van der Waals surface area contributed by atoms with E-state index in [1.807, 2.05) is 0 Å². The lowest BCUT2D eigenvalue weighted by Gasteiger charge is -2.15. The summed E-state index contributed by atoms with van der Waals surface area (Å²) >= 11 is 7.04. The highest BCUT2D eigenvalue weighted by molar-refractivity contribution is 7.99. The van der Waals surface area contributed by atoms with Crippen molar-refractivity contribution >= 4 is 34.7 Å². The van der Waals surface area contributed by atoms with Gasteiger partial charge in [-0.15, -0.1) is 11.8 Å². The van der Waals surface area contributed by atoms with Crippen molar-refractivity contribution in [2.24, 2.45) is 11.7 Å². The Hall–Kier alpha value is -0.740. The fourth-order valence-electron chi connectivity index (χ4n) is 3.12. The van der Waals surface area contributed by atoms with Crippen LogP contribution in [0.5, 0.6) is 0 Å². The topological polar surface area (TPSA) is 38.0 Å². The number of thiocarbonyl (C=S) groups is 1. The van der Waals surface area contributed by atoms with Crippen molar-refractivity contribution < 1.29 is 0 Å². The molecule has 2 nitrogen and oxygen atoms in total. The predicted molar refractivity (Wildman–Crippen MR) is 98.4 cm³/mol. The van der Waals surface area contributed by atoms with E-state index in [0.29, 0.717) is 4.99 Å². The molecule has 2 rings (SSSR count). The maximum absolute atomic E-state index is 5.93. The van der Waals surface area contributed by atoms with Crippen molar-refractivity contribution in [3.63, 3.8) is 0 Å². The third-order valence-electron chi connectivity index (χ3n) is 4.15. The molecular weight excluding hydrogens is 296 g/mol. The second-order valence-corrected chi connectivity index (χ2v) is 7.44. The maximum Gasteiger partial charge on any atom is 0.107 e. The Morgan fingerprint density at radius 2 is 2.14 bits per heavy atom. The highest BCUT2D eigenvalue weighted by Gasteiger charge is 2.14. The van der Waals surface area contributed by atoms with E-state index in [-0.39, 0.29) is 0 Å². The van der Waals surface area contributed by atoms with Gasteiger partial charge in [0.2, 0.25) is 0 Å². The first-order chi connectivity index (χ1) is 10.2. The van der Waals surface area contributed by atoms with Crippen LogP contribution in [0.15, 0.2) is 23.1 Å². The van der Waals surface area contributed by atoms with Crippen molar-refractivity contribution in [2.45, 2.75) is 50.3 Å². The molecule has 0 aliphatic heterocycles. The highest BCUT2D eigenvalue weighted by atomic mass is 32.2. The van der Waals surface area contributed by atoms with Crippen LogP contribution in [0.2, 0.25) is 0 Å². The van der Waals surface area contributed by atoms with Gasteiger partial charge in [-0.3, -0.25) is 0 Å². The second kappa shape index (κ2) is 8.64. The zero-order chi connectivity index (χ0) is 15.1. The van der Waals surface area contributed by atoms with Gasteiger partial charge >= 0.3 is 0 Å². The fraction of sp³-hybridized carbons (Fsp3) is 0.588. The summed E-state index contributed by atoms with van der Waals surface area (Å²) in [5.41, 5.74) is 8.03. The van der Waals surface area contributed by atoms with E-state index in [9.17, 15) is 0 Å². The first kappa shape index (κ1) is 16.6. The summed E-state index contributed by atoms with van der Waals surface area (Å²) in [6.45, 7) is 3.15. The number of anilines is 1. The Kier molecular flexibility index (Phi) is 6.84. The standard InChI is InChI=1S/C17H26N2S2/c1-2-21-15-11-5-10-14(16(15)17(18)20)19-12-6-9-13-7-3-4-8-13/h5,10-11,13,19H,2-4,6-9,12H2,1H3,(H2,18,20). The Morgan fingerprint density at radius 1 is 1.38 bits per heavy atom. The van der Waals surface area contributed by atoms with Crippen LogP contribution in [0.4, 0.5) is 5.69 Å². The van der Waals surface area contributed by atoms with Gasteiger partial charge in [0.15, 0.2) is 0 Å². The molecule has 0 atom stereocenters. The molecule has 1 aromatic carbocycles. The van der Waals surface area contributed by atoms with E-state index in [0.717, 1.165) is 29.5 Å². The minimum absolute atomic E-state index is 0.491. The van der Waals surface area contributed by atoms with Gasteiger partial charge in [0.25, 0.3) is 0 Å². The molecule has 0 amide bonds. The van der Waals surface area contributed by atoms with Crippen LogP contribution in [0, 0.1) is 5.92 Å². The van der Waals surface area contributed by atoms with Crippen molar-refractivity contribution in [1.82, 2.24) is 0 Å². The monoisotopic (exact) mass is 322 g/mol. The van der Waals surface area contributed by atoms with Gasteiger partial charge in [-0.25, -0.2) is 0 Å². The quantitative estimate of drug-likeness (QED) is 0.409. The molecule has 0 saturated heterocycles. The summed E-state index contributed by atoms with van der Waals surface area (Å²) in [5.74, 6) is 1.99. The second-order valence-electron chi connectivity index (χ2n) is 5.70. The molecule has 0 bridgehead atoms. The lowest BCUT2D eigenvalue weighted by molar-refractivity contribution is 0.491. The Bertz CT molecular complexity index is 468. The van der Waals surface area contributed by atoms with Gasteiger partial charge in [0.05, 0.1) is 0 Å². The van der Waals surface area contributed by atoms with Crippen LogP contribution in [-0.2, 0) is 0 Å². The van der Waals surface area contributed by atoms with Gasteiger partial charge in [-0.2, -0.15) is 0 Å². The summed E-state index contributed by atoms with van der Waals surface area (Å²) in [6, 6.07) is 6.27. The predicted octanol–water partition coefficient (Wildman–Crippen LogP) is 4.82. The molecule has 0 spiro atoms. The molecule has 21 heavy (non-hydrogen) atoms. The molecule has 1 fully saturated rings. The Balaban J connectivity index is 1.92. The third-order valence-corrected chi connectivity index (χ3v) is 5.30. The normalized spacial score (nSPS) is 15.3. The minimum Gasteiger partial charge on any atom is -0.389 e. The Labute approximate surface area is 138 Å². The summed E-state index contributed by atoms with van der Waals surface area (Å²) in [7, 11) is 0. The van der Waals surface area contributed by atoms with Gasteiger partial charge < -0.3 is 11.1 Å². The van der Waals surface area contributed by atoms with Gasteiger partial charge in [0.1, 0.15) is 4.99 Å². The van der Waals surface area contributed by atoms with Crippen molar-refractivity contribution in [1.29, 1.82) is 0 Å². The SMILES string of the molecule is CCSc1cccc(NCCCC2CCCC2)c1C(N)=S. The van der Waals surface area contributed by atoms with Crippen LogP contribution in [-0.4, -0.2) is 17.3 Å². The summed E-state index contributed by atoms with van der Waals surface area (Å²) in [5, 5.41) is 3.54. The zero-order valence-corrected chi connectivity index (χ0v) is 14.5. The fourth-order valence-corrected chi connectivity index (χ4v) is 4.26. The molecule has 0 aromatic heterocycles. The summed E-state index contributed by atoms with van der Waals surface area (Å²) in [6.07, 6.45) is 8.30. The van der Waals surface area contributed by atoms with Crippen LogP contribution < -0.4 is 11.1 Å². The number of rotatable bonds is 8. The van der Waals surface area contributed by atoms with E-state index < -0.39 is 0 Å². The summed E-state index contributed by atoms with van der Waals surface area (Å²) in [4.78, 5) is 1.68. The molecule has 0 heterocycles. The maximum atomic E-state index is 5.93. The molecule has 0 unspecified atom stereocenters. The van der Waals surface area contributed by atoms with E-state index in [4.69, 9.17) is 18.0 Å². The van der Waals surface area contributed by atoms with Crippen LogP contribution in [0.25, 0.3) is 0 Å². The lowest BCUT2D eigenvalue weighted by Crippen LogP contribution is -2.15. The smallest absolute Gasteiger partial charge is 0.107 e. The molecule has 1 aromatic rings. The number of nitrogens with two attached hydrogens (primary N) is 1. The van der Waals surface area contributed by atoms with Crippen LogP contribution in [0.3, 0.4) is 0 Å². The molecule has 116 valence electrons. The lowest BCUT2D eigenvalue weighted by atomic mass is 10.0. The van der Waals surface area contributed by atoms with Crippen LogP contribution in [0.1, 0.15) is 51.0 Å². The van der Waals surface area contributed by atoms with Crippen molar-refractivity contribution in [3.05, 3.63) is 23.8 Å². The van der Waals surface area contributed by atoms with Crippen LogP contribution >= 0.6 is 24.0 Å². The number of thioether (sulfide) groups is 1. The Morgan fingerprint density at radius 3 is 2.81 bits per heavy atom. The van der Waals surface area contributed by atoms with E-state index >= 15 is 0 Å². The average Bonchev–Trinajstić information content (AvgIpc) is 2.97. The molecule has 3 N–H and O–H groups in total. The first-order valence-electron chi connectivity index (χ1n) is 8.02. The van der Waals surface area contributed by atoms with Gasteiger partial charge in [-0.05, 0) is 36.6 Å². The molecular formula is C17H26N2S2. The molecule has 1 saturated carbocycles. The number of benzene rings is 1. The molecule has 0 radical (unpaired) electrons. The highest BCUT2D eigenvalue weighted by Crippen LogP contribution is 2.30. The first-order valence-corrected chi connectivity index (χ1v) is 9.41. The van der Waals surface area contributed by atoms with E-state index in [2.05, 4.69) is 30.4 Å². The number of hydrogen-bond donors (Lipinski definition) is 2. The number of nitrogens with one attached hydrogen (secondary N) is 1. The summed E-state index contributed by atoms with van der Waals surface area (Å²) < 4.78 is 0. The third kappa shape index (κ3) is 4.89. The van der Waals surface area contributed by atoms with Crippen molar-refractivity contribution in [3.8, 4) is 0 Å². The van der Waals surface area contributed by atoms with E-state index in [1.165, 1.54) is 43.4 Å². The average molecular weight is 323 g/mol. The molecule has 4 heteroatoms. The van der Waals surface area contributed by atoms with E-state index in [1.54, 1.807) is 11.8 Å². The molecule has 1 aliphatic rings. The van der Waals surface area contributed by atoms with Crippen molar-refractivity contribution in [2.75, 3.05) is 17.6 Å². The molecule has 1 aliphatic carbocycles. The van der Waals surface area contributed by atoms with Gasteiger partial charge in [0, 0.05) is 22.7 Å². The number of hydrogen-bond acceptors (Lipinski definition) is 3. The zero-order valence-electron chi connectivity index (χ0n) is 12.9. The largest absolute Gasteiger partial charge is 0.389 e. The van der Waals surface area contributed by atoms with Gasteiger partial charge in [-0.1, -0.05) is 50.9 Å².